The third kappa shape index (κ3) is 7.54. The summed E-state index contributed by atoms with van der Waals surface area (Å²) in [5.74, 6) is -0.427. The van der Waals surface area contributed by atoms with Gasteiger partial charge in [-0.2, -0.15) is 5.26 Å². The van der Waals surface area contributed by atoms with Gasteiger partial charge >= 0.3 is 5.97 Å². The van der Waals surface area contributed by atoms with Crippen molar-refractivity contribution in [3.8, 4) is 17.2 Å². The molecule has 11 heteroatoms. The highest BCUT2D eigenvalue weighted by Crippen LogP contribution is 2.35. The second-order valence-corrected chi connectivity index (χ2v) is 14.2. The van der Waals surface area contributed by atoms with E-state index in [4.69, 9.17) is 16.6 Å². The zero-order valence-corrected chi connectivity index (χ0v) is 29.9. The molecule has 3 aromatic heterocycles. The lowest BCUT2D eigenvalue weighted by atomic mass is 9.94. The summed E-state index contributed by atoms with van der Waals surface area (Å²) in [5.41, 5.74) is 9.23. The van der Waals surface area contributed by atoms with Gasteiger partial charge in [-0.3, -0.25) is 24.6 Å². The highest BCUT2D eigenvalue weighted by atomic mass is 35.5. The Morgan fingerprint density at radius 1 is 1.00 bits per heavy atom. The summed E-state index contributed by atoms with van der Waals surface area (Å²) in [6, 6.07) is 18.2. The van der Waals surface area contributed by atoms with Crippen molar-refractivity contribution in [3.63, 3.8) is 0 Å². The normalized spacial score (nSPS) is 18.0. The van der Waals surface area contributed by atoms with Crippen LogP contribution in [0.5, 0.6) is 0 Å². The molecule has 2 fully saturated rings. The maximum atomic E-state index is 11.4. The molecule has 2 aliphatic heterocycles. The van der Waals surface area contributed by atoms with Crippen LogP contribution in [0.2, 0.25) is 5.02 Å². The van der Waals surface area contributed by atoms with Crippen molar-refractivity contribution in [2.45, 2.75) is 45.9 Å². The van der Waals surface area contributed by atoms with Gasteiger partial charge in [-0.1, -0.05) is 35.9 Å². The van der Waals surface area contributed by atoms with Crippen molar-refractivity contribution in [1.82, 2.24) is 24.8 Å². The number of hydrogen-bond donors (Lipinski definition) is 3. The molecule has 2 saturated heterocycles. The van der Waals surface area contributed by atoms with Gasteiger partial charge in [-0.05, 0) is 103 Å². The van der Waals surface area contributed by atoms with Crippen LogP contribution in [-0.4, -0.2) is 73.2 Å². The number of pyridine rings is 3. The van der Waals surface area contributed by atoms with E-state index in [1.807, 2.05) is 74.7 Å². The predicted molar refractivity (Wildman–Crippen MR) is 204 cm³/mol. The first-order valence-corrected chi connectivity index (χ1v) is 17.9. The van der Waals surface area contributed by atoms with Gasteiger partial charge in [0.25, 0.3) is 0 Å². The lowest BCUT2D eigenvalue weighted by Crippen LogP contribution is -2.23. The summed E-state index contributed by atoms with van der Waals surface area (Å²) in [4.78, 5) is 29.7. The van der Waals surface area contributed by atoms with Crippen LogP contribution in [-0.2, 0) is 17.9 Å². The standard InChI is InChI=1S/C41H40ClN7O3/c1-25-16-28(36(42)18-31(25)23-49-14-10-30(22-49)41(51)52)6-7-38-35(19-43)34(9-13-44-38)33-4-3-5-37(26(33)2)47-40-39-29(8-12-45-40)17-27(20-46-39)21-48-15-11-32(50)24-48/h3-9,12-13,16-18,20,30,32,50H,10-11,14-15,21-24H2,1-2H3,(H,45,47)(H,51,52)/b7-6+/t30-,32-/m1/s1. The molecule has 52 heavy (non-hydrogen) atoms. The van der Waals surface area contributed by atoms with Crippen molar-refractivity contribution >= 4 is 52.1 Å². The minimum Gasteiger partial charge on any atom is -0.481 e. The number of fused-ring (bicyclic) bond motifs is 1. The molecule has 264 valence electrons. The fourth-order valence-electron chi connectivity index (χ4n) is 7.26. The van der Waals surface area contributed by atoms with E-state index in [0.29, 0.717) is 48.2 Å². The minimum atomic E-state index is -0.742. The zero-order chi connectivity index (χ0) is 36.4. The average Bonchev–Trinajstić information content (AvgIpc) is 3.78. The Morgan fingerprint density at radius 2 is 1.81 bits per heavy atom. The number of rotatable bonds is 10. The minimum absolute atomic E-state index is 0.261. The molecule has 5 aromatic rings. The lowest BCUT2D eigenvalue weighted by molar-refractivity contribution is -0.141. The van der Waals surface area contributed by atoms with Gasteiger partial charge in [0.15, 0.2) is 5.82 Å². The van der Waals surface area contributed by atoms with Gasteiger partial charge in [-0.25, -0.2) is 4.98 Å². The van der Waals surface area contributed by atoms with Gasteiger partial charge in [0.2, 0.25) is 0 Å². The molecular weight excluding hydrogens is 674 g/mol. The monoisotopic (exact) mass is 713 g/mol. The van der Waals surface area contributed by atoms with E-state index in [0.717, 1.165) is 81.6 Å². The lowest BCUT2D eigenvalue weighted by Gasteiger charge is -2.18. The SMILES string of the molecule is Cc1cc(/C=C/c2nccc(-c3cccc(Nc4nccc5cc(CN6CC[C@@H](O)C6)cnc45)c3C)c2C#N)c(Cl)cc1CN1CC[C@@H](C(=O)O)C1. The molecule has 0 unspecified atom stereocenters. The van der Waals surface area contributed by atoms with Crippen LogP contribution in [0.3, 0.4) is 0 Å². The summed E-state index contributed by atoms with van der Waals surface area (Å²) in [5, 5.41) is 34.7. The second-order valence-electron chi connectivity index (χ2n) is 13.8. The highest BCUT2D eigenvalue weighted by molar-refractivity contribution is 6.32. The Labute approximate surface area is 308 Å². The van der Waals surface area contributed by atoms with Crippen LogP contribution in [0.4, 0.5) is 11.5 Å². The van der Waals surface area contributed by atoms with Gasteiger partial charge in [0.05, 0.1) is 23.3 Å². The van der Waals surface area contributed by atoms with Crippen LogP contribution in [0, 0.1) is 31.1 Å². The molecule has 7 rings (SSSR count). The maximum absolute atomic E-state index is 11.4. The Hall–Kier alpha value is -5.18. The number of benzene rings is 2. The summed E-state index contributed by atoms with van der Waals surface area (Å²) < 4.78 is 0. The summed E-state index contributed by atoms with van der Waals surface area (Å²) in [7, 11) is 0. The van der Waals surface area contributed by atoms with E-state index in [2.05, 4.69) is 37.2 Å². The molecule has 0 saturated carbocycles. The van der Waals surface area contributed by atoms with Crippen LogP contribution < -0.4 is 5.32 Å². The van der Waals surface area contributed by atoms with E-state index in [1.54, 1.807) is 12.4 Å². The number of nitrogens with one attached hydrogen (secondary N) is 1. The molecule has 5 heterocycles. The quantitative estimate of drug-likeness (QED) is 0.136. The molecule has 0 amide bonds. The number of aromatic nitrogens is 3. The Kier molecular flexibility index (Phi) is 10.3. The number of aliphatic hydroxyl groups excluding tert-OH is 1. The van der Waals surface area contributed by atoms with Crippen LogP contribution >= 0.6 is 11.6 Å². The van der Waals surface area contributed by atoms with Gasteiger partial charge in [0, 0.05) is 73.0 Å². The molecule has 10 nitrogen and oxygen atoms in total. The van der Waals surface area contributed by atoms with E-state index < -0.39 is 5.97 Å². The number of halogens is 1. The molecule has 0 radical (unpaired) electrons. The fourth-order valence-corrected chi connectivity index (χ4v) is 7.51. The number of hydrogen-bond acceptors (Lipinski definition) is 9. The first-order chi connectivity index (χ1) is 25.2. The fraction of sp³-hybridized carbons (Fsp3) is 0.293. The molecule has 2 atom stereocenters. The number of aliphatic hydroxyl groups is 1. The van der Waals surface area contributed by atoms with Gasteiger partial charge in [-0.15, -0.1) is 0 Å². The Balaban J connectivity index is 1.11. The number of aryl methyl sites for hydroxylation is 1. The van der Waals surface area contributed by atoms with Crippen LogP contribution in [0.1, 0.15) is 51.9 Å². The third-order valence-electron chi connectivity index (χ3n) is 10.2. The van der Waals surface area contributed by atoms with Gasteiger partial charge in [0.1, 0.15) is 11.6 Å². The molecule has 0 spiro atoms. The number of aliphatic carboxylic acids is 1. The molecule has 3 N–H and O–H groups in total. The van der Waals surface area contributed by atoms with Crippen LogP contribution in [0.15, 0.2) is 67.1 Å². The largest absolute Gasteiger partial charge is 0.481 e. The van der Waals surface area contributed by atoms with E-state index in [1.165, 1.54) is 0 Å². The van der Waals surface area contributed by atoms with Crippen molar-refractivity contribution in [1.29, 1.82) is 5.26 Å². The van der Waals surface area contributed by atoms with Crippen LogP contribution in [0.25, 0.3) is 34.2 Å². The first-order valence-electron chi connectivity index (χ1n) is 17.5. The number of β-amino-alcohol motifs (C(OH)–C–C–N with tert-alkyl or cyclic N) is 1. The third-order valence-corrected chi connectivity index (χ3v) is 10.5. The number of nitriles is 1. The molecule has 2 aliphatic rings. The number of carboxylic acid groups (broad SMARTS) is 1. The Morgan fingerprint density at radius 3 is 2.58 bits per heavy atom. The second kappa shape index (κ2) is 15.2. The summed E-state index contributed by atoms with van der Waals surface area (Å²) in [6.07, 6.45) is 10.3. The van der Waals surface area contributed by atoms with Crippen molar-refractivity contribution < 1.29 is 15.0 Å². The van der Waals surface area contributed by atoms with Crippen molar-refractivity contribution in [3.05, 3.63) is 111 Å². The van der Waals surface area contributed by atoms with Crippen molar-refractivity contribution in [2.24, 2.45) is 5.92 Å². The summed E-state index contributed by atoms with van der Waals surface area (Å²) in [6.45, 7) is 8.28. The van der Waals surface area contributed by atoms with E-state index >= 15 is 0 Å². The molecular formula is C41H40ClN7O3. The smallest absolute Gasteiger partial charge is 0.307 e. The zero-order valence-electron chi connectivity index (χ0n) is 29.2. The molecule has 0 aliphatic carbocycles. The predicted octanol–water partition coefficient (Wildman–Crippen LogP) is 7.22. The van der Waals surface area contributed by atoms with Gasteiger partial charge < -0.3 is 15.5 Å². The number of anilines is 2. The number of nitrogens with zero attached hydrogens (tertiary/aromatic N) is 6. The number of likely N-dealkylation sites (tertiary alicyclic amines) is 2. The first kappa shape index (κ1) is 35.2. The van der Waals surface area contributed by atoms with Crippen molar-refractivity contribution in [2.75, 3.05) is 31.5 Å². The Bertz CT molecular complexity index is 2230. The summed E-state index contributed by atoms with van der Waals surface area (Å²) >= 11 is 6.74. The molecule has 2 aromatic carbocycles. The number of carbonyl (C=O) groups is 1. The van der Waals surface area contributed by atoms with E-state index in [-0.39, 0.29) is 12.0 Å². The number of carboxylic acids is 1. The highest BCUT2D eigenvalue weighted by Gasteiger charge is 2.28. The maximum Gasteiger partial charge on any atom is 0.307 e. The average molecular weight is 714 g/mol. The van der Waals surface area contributed by atoms with E-state index in [9.17, 15) is 20.3 Å². The molecule has 0 bridgehead atoms. The topological polar surface area (TPSA) is 138 Å².